The first-order chi connectivity index (χ1) is 17.3. The molecular weight excluding hydrogens is 493 g/mol. The normalized spacial score (nSPS) is 14.8. The lowest BCUT2D eigenvalue weighted by molar-refractivity contribution is 0.0903. The number of carbonyl (C=O) groups is 2. The van der Waals surface area contributed by atoms with Crippen LogP contribution in [0, 0.1) is 12.7 Å². The number of rotatable bonds is 8. The molecule has 3 aromatic rings. The molecule has 11 nitrogen and oxygen atoms in total. The van der Waals surface area contributed by atoms with Crippen LogP contribution < -0.4 is 16.0 Å². The molecule has 0 unspecified atom stereocenters. The molecule has 2 aromatic heterocycles. The van der Waals surface area contributed by atoms with E-state index in [1.165, 1.54) is 24.7 Å². The quantitative estimate of drug-likeness (QED) is 0.357. The number of nitrogens with one attached hydrogen (secondary N) is 3. The Kier molecular flexibility index (Phi) is 7.96. The number of anilines is 1. The van der Waals surface area contributed by atoms with Gasteiger partial charge in [0, 0.05) is 48.8 Å². The number of hydrogen-bond donors (Lipinski definition) is 4. The van der Waals surface area contributed by atoms with Crippen LogP contribution in [0.1, 0.15) is 40.5 Å². The molecule has 0 aliphatic carbocycles. The lowest BCUT2D eigenvalue weighted by atomic mass is 10.1. The first kappa shape index (κ1) is 25.3. The molecule has 4 rings (SSSR count). The number of nitrogens with zero attached hydrogens (tertiary/aromatic N) is 4. The third kappa shape index (κ3) is 6.46. The molecular formula is C23H25ClFN7O4. The topological polar surface area (TPSA) is 143 Å². The Hall–Kier alpha value is -3.77. The number of amides is 2. The first-order valence-electron chi connectivity index (χ1n) is 11.2. The summed E-state index contributed by atoms with van der Waals surface area (Å²) in [6.45, 7) is 3.00. The van der Waals surface area contributed by atoms with E-state index in [2.05, 4.69) is 30.9 Å². The predicted molar refractivity (Wildman–Crippen MR) is 129 cm³/mol. The summed E-state index contributed by atoms with van der Waals surface area (Å²) in [6.07, 6.45) is 5.07. The zero-order valence-corrected chi connectivity index (χ0v) is 20.1. The number of aryl methyl sites for hydroxylation is 1. The first-order valence-corrected chi connectivity index (χ1v) is 11.6. The molecule has 0 radical (unpaired) electrons. The number of benzene rings is 1. The molecule has 0 bridgehead atoms. The van der Waals surface area contributed by atoms with Crippen molar-refractivity contribution in [2.45, 2.75) is 31.8 Å². The van der Waals surface area contributed by atoms with Crippen molar-refractivity contribution >= 4 is 29.5 Å². The minimum Gasteiger partial charge on any atom is -0.465 e. The van der Waals surface area contributed by atoms with Crippen LogP contribution in [0.2, 0.25) is 5.02 Å². The molecule has 1 aliphatic heterocycles. The van der Waals surface area contributed by atoms with E-state index in [1.807, 2.05) is 6.92 Å². The molecule has 3 heterocycles. The van der Waals surface area contributed by atoms with E-state index in [1.54, 1.807) is 10.8 Å². The van der Waals surface area contributed by atoms with Crippen molar-refractivity contribution in [3.05, 3.63) is 64.6 Å². The van der Waals surface area contributed by atoms with E-state index in [9.17, 15) is 14.0 Å². The maximum Gasteiger partial charge on any atom is 0.404 e. The van der Waals surface area contributed by atoms with Crippen molar-refractivity contribution in [2.75, 3.05) is 25.1 Å². The van der Waals surface area contributed by atoms with Crippen LogP contribution in [0.25, 0.3) is 5.82 Å². The molecule has 0 saturated carbocycles. The number of ether oxygens (including phenoxy) is 1. The van der Waals surface area contributed by atoms with Crippen molar-refractivity contribution in [1.82, 2.24) is 30.2 Å². The van der Waals surface area contributed by atoms with Gasteiger partial charge in [0.1, 0.15) is 23.7 Å². The van der Waals surface area contributed by atoms with E-state index in [4.69, 9.17) is 21.4 Å². The van der Waals surface area contributed by atoms with Crippen molar-refractivity contribution < 1.29 is 23.8 Å². The largest absolute Gasteiger partial charge is 0.465 e. The van der Waals surface area contributed by atoms with Gasteiger partial charge in [-0.15, -0.1) is 0 Å². The monoisotopic (exact) mass is 517 g/mol. The summed E-state index contributed by atoms with van der Waals surface area (Å²) in [5.74, 6) is -0.184. The Morgan fingerprint density at radius 1 is 1.28 bits per heavy atom. The second-order valence-corrected chi connectivity index (χ2v) is 8.75. The molecule has 1 aliphatic rings. The average Bonchev–Trinajstić information content (AvgIpc) is 3.33. The van der Waals surface area contributed by atoms with Gasteiger partial charge in [-0.2, -0.15) is 4.98 Å². The summed E-state index contributed by atoms with van der Waals surface area (Å²) in [7, 11) is 0. The smallest absolute Gasteiger partial charge is 0.404 e. The van der Waals surface area contributed by atoms with Gasteiger partial charge in [-0.05, 0) is 43.5 Å². The van der Waals surface area contributed by atoms with Gasteiger partial charge < -0.3 is 25.8 Å². The van der Waals surface area contributed by atoms with Crippen molar-refractivity contribution in [3.8, 4) is 5.82 Å². The lowest BCUT2D eigenvalue weighted by Gasteiger charge is -2.23. The molecule has 2 amide bonds. The van der Waals surface area contributed by atoms with E-state index < -0.39 is 23.9 Å². The maximum absolute atomic E-state index is 13.9. The van der Waals surface area contributed by atoms with Gasteiger partial charge in [0.2, 0.25) is 5.95 Å². The minimum absolute atomic E-state index is 0.0646. The number of halogens is 2. The highest BCUT2D eigenvalue weighted by molar-refractivity contribution is 6.30. The van der Waals surface area contributed by atoms with Crippen LogP contribution in [0.5, 0.6) is 0 Å². The summed E-state index contributed by atoms with van der Waals surface area (Å²) >= 11 is 5.94. The van der Waals surface area contributed by atoms with Crippen molar-refractivity contribution in [2.24, 2.45) is 0 Å². The Labute approximate surface area is 211 Å². The SMILES string of the molecule is Cc1cnc(NC2CCOCC2)nc1-n1cnc(C(=O)N[C@H](CNC(=O)O)c2cc(F)cc(Cl)c2)c1. The van der Waals surface area contributed by atoms with Crippen LogP contribution in [0.4, 0.5) is 15.1 Å². The standard InChI is InChI=1S/C23H25ClFN7O4/c1-13-9-26-22(29-17-2-4-36-5-3-17)31-20(13)32-11-19(28-12-32)21(33)30-18(10-27-23(34)35)14-6-15(24)8-16(25)7-14/h6-9,11-12,17-18,27H,2-5,10H2,1H3,(H,30,33)(H,34,35)(H,26,29,31)/t18-/m1/s1. The minimum atomic E-state index is -1.29. The van der Waals surface area contributed by atoms with Crippen LogP contribution in [-0.4, -0.2) is 62.4 Å². The summed E-state index contributed by atoms with van der Waals surface area (Å²) in [6, 6.07) is 3.07. The third-order valence-electron chi connectivity index (χ3n) is 5.61. The second kappa shape index (κ2) is 11.3. The van der Waals surface area contributed by atoms with E-state index in [0.29, 0.717) is 30.5 Å². The number of hydrogen-bond acceptors (Lipinski definition) is 7. The molecule has 0 spiro atoms. The van der Waals surface area contributed by atoms with Gasteiger partial charge in [-0.1, -0.05) is 11.6 Å². The summed E-state index contributed by atoms with van der Waals surface area (Å²) in [4.78, 5) is 37.1. The second-order valence-electron chi connectivity index (χ2n) is 8.31. The van der Waals surface area contributed by atoms with E-state index in [-0.39, 0.29) is 23.3 Å². The molecule has 4 N–H and O–H groups in total. The van der Waals surface area contributed by atoms with Crippen LogP contribution in [0.15, 0.2) is 36.9 Å². The summed E-state index contributed by atoms with van der Waals surface area (Å²) < 4.78 is 20.9. The molecule has 1 atom stereocenters. The molecule has 190 valence electrons. The van der Waals surface area contributed by atoms with Gasteiger partial charge in [0.15, 0.2) is 0 Å². The van der Waals surface area contributed by atoms with Crippen LogP contribution in [-0.2, 0) is 4.74 Å². The predicted octanol–water partition coefficient (Wildman–Crippen LogP) is 3.09. The zero-order valence-electron chi connectivity index (χ0n) is 19.4. The lowest BCUT2D eigenvalue weighted by Crippen LogP contribution is -2.37. The number of imidazole rings is 1. The Bertz CT molecular complexity index is 1230. The van der Waals surface area contributed by atoms with Crippen molar-refractivity contribution in [1.29, 1.82) is 0 Å². The fraction of sp³-hybridized carbons (Fsp3) is 0.348. The fourth-order valence-corrected chi connectivity index (χ4v) is 4.02. The summed E-state index contributed by atoms with van der Waals surface area (Å²) in [5, 5.41) is 17.3. The fourth-order valence-electron chi connectivity index (χ4n) is 3.79. The van der Waals surface area contributed by atoms with Gasteiger partial charge in [-0.3, -0.25) is 9.36 Å². The molecule has 1 saturated heterocycles. The van der Waals surface area contributed by atoms with Gasteiger partial charge >= 0.3 is 6.09 Å². The third-order valence-corrected chi connectivity index (χ3v) is 5.83. The van der Waals surface area contributed by atoms with Gasteiger partial charge in [0.05, 0.1) is 6.04 Å². The zero-order chi connectivity index (χ0) is 25.7. The van der Waals surface area contributed by atoms with Gasteiger partial charge in [0.25, 0.3) is 5.91 Å². The number of aromatic nitrogens is 4. The van der Waals surface area contributed by atoms with E-state index >= 15 is 0 Å². The number of carboxylic acid groups (broad SMARTS) is 1. The highest BCUT2D eigenvalue weighted by Gasteiger charge is 2.21. The number of carbonyl (C=O) groups excluding carboxylic acids is 1. The maximum atomic E-state index is 13.9. The Morgan fingerprint density at radius 2 is 2.06 bits per heavy atom. The van der Waals surface area contributed by atoms with Crippen molar-refractivity contribution in [3.63, 3.8) is 0 Å². The van der Waals surface area contributed by atoms with Crippen LogP contribution in [0.3, 0.4) is 0 Å². The molecule has 1 fully saturated rings. The van der Waals surface area contributed by atoms with Gasteiger partial charge in [-0.25, -0.2) is 19.2 Å². The summed E-state index contributed by atoms with van der Waals surface area (Å²) in [5.41, 5.74) is 1.14. The Balaban J connectivity index is 1.51. The molecule has 13 heteroatoms. The molecule has 1 aromatic carbocycles. The highest BCUT2D eigenvalue weighted by atomic mass is 35.5. The average molecular weight is 518 g/mol. The molecule has 36 heavy (non-hydrogen) atoms. The van der Waals surface area contributed by atoms with Crippen LogP contribution >= 0.6 is 11.6 Å². The van der Waals surface area contributed by atoms with E-state index in [0.717, 1.165) is 24.5 Å². The highest BCUT2D eigenvalue weighted by Crippen LogP contribution is 2.21. The Morgan fingerprint density at radius 3 is 2.78 bits per heavy atom.